The molecular weight excluding hydrogens is 569 g/mol. The summed E-state index contributed by atoms with van der Waals surface area (Å²) in [5, 5.41) is 5.81. The third kappa shape index (κ3) is 7.39. The highest BCUT2D eigenvalue weighted by atomic mass is 19.4. The maximum Gasteiger partial charge on any atom is 0.416 e. The summed E-state index contributed by atoms with van der Waals surface area (Å²) in [6.45, 7) is 8.82. The maximum atomic E-state index is 14.0. The van der Waals surface area contributed by atoms with Crippen molar-refractivity contribution < 1.29 is 18.0 Å². The van der Waals surface area contributed by atoms with E-state index in [1.807, 2.05) is 24.1 Å². The predicted molar refractivity (Wildman–Crippen MR) is 166 cm³/mol. The second-order valence-corrected chi connectivity index (χ2v) is 10.6. The lowest BCUT2D eigenvalue weighted by Gasteiger charge is -2.33. The molecule has 1 aliphatic heterocycles. The van der Waals surface area contributed by atoms with Gasteiger partial charge in [0.25, 0.3) is 0 Å². The summed E-state index contributed by atoms with van der Waals surface area (Å²) in [5.41, 5.74) is 2.76. The van der Waals surface area contributed by atoms with Crippen molar-refractivity contribution in [2.75, 3.05) is 43.9 Å². The van der Waals surface area contributed by atoms with E-state index in [0.717, 1.165) is 24.7 Å². The smallest absolute Gasteiger partial charge is 0.357 e. The average Bonchev–Trinajstić information content (AvgIpc) is 3.50. The number of carbonyl (C=O) groups excluding carboxylic acids is 1. The number of hydrogen-bond acceptors (Lipinski definition) is 7. The Morgan fingerprint density at radius 2 is 1.89 bits per heavy atom. The summed E-state index contributed by atoms with van der Waals surface area (Å²) in [7, 11) is 1.99. The van der Waals surface area contributed by atoms with Gasteiger partial charge in [0.15, 0.2) is 11.6 Å². The summed E-state index contributed by atoms with van der Waals surface area (Å²) in [6.07, 6.45) is 4.90. The number of halogens is 3. The molecule has 1 aromatic carbocycles. The van der Waals surface area contributed by atoms with Crippen molar-refractivity contribution in [1.29, 1.82) is 0 Å². The van der Waals surface area contributed by atoms with Gasteiger partial charge in [-0.2, -0.15) is 13.2 Å². The summed E-state index contributed by atoms with van der Waals surface area (Å²) in [6, 6.07) is 9.39. The first kappa shape index (κ1) is 30.6. The standard InChI is InChI=1S/C32H33F3N8O/c1-4-21(2)26(39-31-29-27(11-13-37-29)40-30(41-31)22-6-5-12-36-19-22)9-10-28(44)38-24-8-7-23(25(18-24)32(33,34)35)20-43-16-14-42(3)15-17-43/h4-13,18-19,37H,1,14-17,20H2,2-3H3,(H,38,44)(H,39,40,41)/b10-9+,26-21+. The molecule has 3 aromatic heterocycles. The van der Waals surface area contributed by atoms with E-state index in [1.54, 1.807) is 37.7 Å². The largest absolute Gasteiger partial charge is 0.416 e. The molecule has 1 aliphatic rings. The molecule has 0 unspecified atom stereocenters. The Hall–Kier alpha value is -4.81. The van der Waals surface area contributed by atoms with E-state index >= 15 is 0 Å². The minimum absolute atomic E-state index is 0.0537. The highest BCUT2D eigenvalue weighted by Crippen LogP contribution is 2.35. The van der Waals surface area contributed by atoms with Gasteiger partial charge in [-0.05, 0) is 61.5 Å². The molecule has 228 valence electrons. The Morgan fingerprint density at radius 3 is 2.59 bits per heavy atom. The molecule has 9 nitrogen and oxygen atoms in total. The monoisotopic (exact) mass is 602 g/mol. The zero-order valence-electron chi connectivity index (χ0n) is 24.4. The van der Waals surface area contributed by atoms with Crippen molar-refractivity contribution in [2.24, 2.45) is 0 Å². The number of likely N-dealkylation sites (N-methyl/N-ethyl adjacent to an activating group) is 1. The molecule has 12 heteroatoms. The minimum Gasteiger partial charge on any atom is -0.357 e. The lowest BCUT2D eigenvalue weighted by atomic mass is 10.0. The lowest BCUT2D eigenvalue weighted by molar-refractivity contribution is -0.138. The number of piperazine rings is 1. The Kier molecular flexibility index (Phi) is 9.21. The van der Waals surface area contributed by atoms with Gasteiger partial charge >= 0.3 is 6.18 Å². The van der Waals surface area contributed by atoms with E-state index < -0.39 is 17.6 Å². The quantitative estimate of drug-likeness (QED) is 0.163. The summed E-state index contributed by atoms with van der Waals surface area (Å²) in [5.74, 6) is 0.331. The van der Waals surface area contributed by atoms with E-state index in [-0.39, 0.29) is 17.8 Å². The van der Waals surface area contributed by atoms with E-state index in [0.29, 0.717) is 47.0 Å². The molecule has 0 spiro atoms. The van der Waals surface area contributed by atoms with Gasteiger partial charge in [-0.25, -0.2) is 9.97 Å². The van der Waals surface area contributed by atoms with Crippen LogP contribution in [-0.2, 0) is 17.5 Å². The second-order valence-electron chi connectivity index (χ2n) is 10.6. The van der Waals surface area contributed by atoms with Crippen molar-refractivity contribution in [1.82, 2.24) is 29.7 Å². The van der Waals surface area contributed by atoms with Crippen LogP contribution in [0, 0.1) is 0 Å². The van der Waals surface area contributed by atoms with E-state index in [2.05, 4.69) is 42.0 Å². The van der Waals surface area contributed by atoms with E-state index in [9.17, 15) is 18.0 Å². The third-order valence-electron chi connectivity index (χ3n) is 7.38. The van der Waals surface area contributed by atoms with Crippen molar-refractivity contribution in [2.45, 2.75) is 19.6 Å². The maximum absolute atomic E-state index is 14.0. The first-order valence-electron chi connectivity index (χ1n) is 14.1. The van der Waals surface area contributed by atoms with Gasteiger partial charge in [0, 0.05) is 74.3 Å². The first-order valence-corrected chi connectivity index (χ1v) is 14.1. The molecule has 1 saturated heterocycles. The molecule has 0 aliphatic carbocycles. The molecule has 1 fully saturated rings. The van der Waals surface area contributed by atoms with Gasteiger partial charge < -0.3 is 20.5 Å². The number of hydrogen-bond donors (Lipinski definition) is 3. The molecule has 0 radical (unpaired) electrons. The average molecular weight is 603 g/mol. The normalized spacial score (nSPS) is 15.4. The number of anilines is 2. The van der Waals surface area contributed by atoms with Crippen LogP contribution in [0.2, 0.25) is 0 Å². The summed E-state index contributed by atoms with van der Waals surface area (Å²) in [4.78, 5) is 33.6. The Labute approximate surface area is 253 Å². The van der Waals surface area contributed by atoms with Gasteiger partial charge in [-0.1, -0.05) is 18.7 Å². The molecule has 4 heterocycles. The Morgan fingerprint density at radius 1 is 1.09 bits per heavy atom. The number of allylic oxidation sites excluding steroid dienone is 3. The molecule has 0 atom stereocenters. The molecule has 0 bridgehead atoms. The number of aromatic amines is 1. The SMILES string of the molecule is C=C/C(C)=C(\C=C\C(=O)Nc1ccc(CN2CCN(C)CC2)c(C(F)(F)F)c1)Nc1nc(-c2cccnc2)nc2cc[nH]c12. The molecule has 1 amide bonds. The fourth-order valence-electron chi connectivity index (χ4n) is 4.81. The topological polar surface area (TPSA) is 102 Å². The van der Waals surface area contributed by atoms with Crippen molar-refractivity contribution in [3.05, 3.63) is 102 Å². The number of amides is 1. The van der Waals surface area contributed by atoms with Crippen molar-refractivity contribution in [3.63, 3.8) is 0 Å². The van der Waals surface area contributed by atoms with Crippen LogP contribution in [-0.4, -0.2) is 68.9 Å². The van der Waals surface area contributed by atoms with Crippen LogP contribution in [0.1, 0.15) is 18.1 Å². The number of nitrogens with zero attached hydrogens (tertiary/aromatic N) is 5. The molecular formula is C32H33F3N8O. The van der Waals surface area contributed by atoms with Crippen LogP contribution in [0.25, 0.3) is 22.4 Å². The summed E-state index contributed by atoms with van der Waals surface area (Å²) >= 11 is 0. The van der Waals surface area contributed by atoms with Crippen LogP contribution >= 0.6 is 0 Å². The van der Waals surface area contributed by atoms with Crippen LogP contribution in [0.4, 0.5) is 24.7 Å². The highest BCUT2D eigenvalue weighted by molar-refractivity contribution is 6.00. The second kappa shape index (κ2) is 13.2. The number of rotatable bonds is 9. The van der Waals surface area contributed by atoms with Crippen LogP contribution < -0.4 is 10.6 Å². The number of nitrogens with one attached hydrogen (secondary N) is 3. The fourth-order valence-corrected chi connectivity index (χ4v) is 4.81. The fraction of sp³-hybridized carbons (Fsp3) is 0.250. The summed E-state index contributed by atoms with van der Waals surface area (Å²) < 4.78 is 42.0. The Balaban J connectivity index is 1.34. The van der Waals surface area contributed by atoms with Gasteiger partial charge in [-0.15, -0.1) is 0 Å². The van der Waals surface area contributed by atoms with E-state index in [4.69, 9.17) is 0 Å². The molecule has 0 saturated carbocycles. The van der Waals surface area contributed by atoms with Gasteiger partial charge in [0.1, 0.15) is 5.52 Å². The van der Waals surface area contributed by atoms with Gasteiger partial charge in [-0.3, -0.25) is 14.7 Å². The zero-order chi connectivity index (χ0) is 31.3. The number of H-pyrrole nitrogens is 1. The number of alkyl halides is 3. The molecule has 3 N–H and O–H groups in total. The zero-order valence-corrected chi connectivity index (χ0v) is 24.4. The van der Waals surface area contributed by atoms with Crippen LogP contribution in [0.3, 0.4) is 0 Å². The highest BCUT2D eigenvalue weighted by Gasteiger charge is 2.34. The van der Waals surface area contributed by atoms with Gasteiger partial charge in [0.2, 0.25) is 5.91 Å². The number of benzene rings is 1. The molecule has 4 aromatic rings. The molecule has 5 rings (SSSR count). The number of pyridine rings is 1. The van der Waals surface area contributed by atoms with Gasteiger partial charge in [0.05, 0.1) is 11.1 Å². The van der Waals surface area contributed by atoms with Crippen LogP contribution in [0.15, 0.2) is 91.1 Å². The van der Waals surface area contributed by atoms with E-state index in [1.165, 1.54) is 24.3 Å². The van der Waals surface area contributed by atoms with Crippen LogP contribution in [0.5, 0.6) is 0 Å². The number of carbonyl (C=O) groups is 1. The Bertz CT molecular complexity index is 1700. The lowest BCUT2D eigenvalue weighted by Crippen LogP contribution is -2.44. The predicted octanol–water partition coefficient (Wildman–Crippen LogP) is 5.85. The molecule has 44 heavy (non-hydrogen) atoms. The number of aromatic nitrogens is 4. The third-order valence-corrected chi connectivity index (χ3v) is 7.38. The number of fused-ring (bicyclic) bond motifs is 1. The first-order chi connectivity index (χ1) is 21.1. The van der Waals surface area contributed by atoms with Crippen molar-refractivity contribution >= 4 is 28.4 Å². The minimum atomic E-state index is -4.56. The van der Waals surface area contributed by atoms with Crippen molar-refractivity contribution in [3.8, 4) is 11.4 Å².